The highest BCUT2D eigenvalue weighted by Gasteiger charge is 2.22. The first-order valence-corrected chi connectivity index (χ1v) is 13.8. The lowest BCUT2D eigenvalue weighted by atomic mass is 9.82. The van der Waals surface area contributed by atoms with E-state index in [9.17, 15) is 5.26 Å². The third kappa shape index (κ3) is 6.31. The normalized spacial score (nSPS) is 13.6. The number of hydrogen-bond donors (Lipinski definition) is 0. The number of nitriles is 1. The van der Waals surface area contributed by atoms with Crippen LogP contribution in [-0.2, 0) is 13.4 Å². The minimum Gasteiger partial charge on any atom is -0.201 e. The fourth-order valence-electron chi connectivity index (χ4n) is 5.14. The van der Waals surface area contributed by atoms with Crippen LogP contribution in [0.5, 0.6) is 0 Å². The maximum atomic E-state index is 9.36. The maximum Gasteiger partial charge on any atom is 0.213 e. The lowest BCUT2D eigenvalue weighted by Crippen LogP contribution is -2.30. The minimum absolute atomic E-state index is 0.165. The summed E-state index contributed by atoms with van der Waals surface area (Å²) in [4.78, 5) is 0. The van der Waals surface area contributed by atoms with E-state index in [0.717, 1.165) is 39.1 Å². The molecule has 0 aliphatic carbocycles. The lowest BCUT2D eigenvalue weighted by molar-refractivity contribution is -0.660. The molecular formula is C37H43N2+. The second-order valence-corrected chi connectivity index (χ2v) is 12.2. The van der Waals surface area contributed by atoms with Crippen molar-refractivity contribution in [3.63, 3.8) is 0 Å². The van der Waals surface area contributed by atoms with Crippen molar-refractivity contribution in [2.45, 2.75) is 73.6 Å². The molecule has 1 heterocycles. The van der Waals surface area contributed by atoms with Gasteiger partial charge < -0.3 is 0 Å². The SMILES string of the molecule is [2H]c1cc(C([2H])([2H])C(C)(C)C)cc([2H])c1-c1cc(C(C)C)c(-c2cc[n+](C)c(-c3ccc(C#N)cc3C)c2)c(C(C)C)c1. The molecule has 0 atom stereocenters. The Morgan fingerprint density at radius 1 is 0.872 bits per heavy atom. The van der Waals surface area contributed by atoms with Gasteiger partial charge in [0.15, 0.2) is 6.20 Å². The Labute approximate surface area is 241 Å². The molecular weight excluding hydrogens is 472 g/mol. The second kappa shape index (κ2) is 11.2. The molecule has 2 nitrogen and oxygen atoms in total. The van der Waals surface area contributed by atoms with Gasteiger partial charge in [-0.1, -0.05) is 84.8 Å². The molecule has 0 fully saturated rings. The predicted molar refractivity (Wildman–Crippen MR) is 165 cm³/mol. The van der Waals surface area contributed by atoms with Crippen LogP contribution in [0.3, 0.4) is 0 Å². The molecule has 0 unspecified atom stereocenters. The Balaban J connectivity index is 1.96. The zero-order chi connectivity index (χ0) is 32.0. The van der Waals surface area contributed by atoms with Crippen molar-refractivity contribution in [2.75, 3.05) is 0 Å². The van der Waals surface area contributed by atoms with Gasteiger partial charge in [0.05, 0.1) is 14.4 Å². The molecule has 0 bridgehead atoms. The van der Waals surface area contributed by atoms with Gasteiger partial charge in [-0.05, 0) is 93.3 Å². The number of benzene rings is 3. The van der Waals surface area contributed by atoms with Crippen molar-refractivity contribution in [1.82, 2.24) is 0 Å². The van der Waals surface area contributed by atoms with Gasteiger partial charge in [-0.25, -0.2) is 4.57 Å². The van der Waals surface area contributed by atoms with Crippen LogP contribution in [-0.4, -0.2) is 0 Å². The molecule has 4 aromatic rings. The monoisotopic (exact) mass is 519 g/mol. The zero-order valence-corrected chi connectivity index (χ0v) is 24.8. The summed E-state index contributed by atoms with van der Waals surface area (Å²) in [7, 11) is 2.03. The molecule has 0 amide bonds. The summed E-state index contributed by atoms with van der Waals surface area (Å²) in [6.07, 6.45) is 0.401. The number of aromatic nitrogens is 1. The molecule has 0 radical (unpaired) electrons. The summed E-state index contributed by atoms with van der Waals surface area (Å²) < 4.78 is 37.4. The molecule has 2 heteroatoms. The van der Waals surface area contributed by atoms with Gasteiger partial charge in [0, 0.05) is 20.4 Å². The molecule has 39 heavy (non-hydrogen) atoms. The van der Waals surface area contributed by atoms with E-state index in [2.05, 4.69) is 68.8 Å². The standard InChI is InChI=1S/C37H43N2/c1-24(2)33-19-31(29-13-10-27(11-14-29)22-37(6,7)8)20-34(25(3)4)36(33)30-16-17-39(9)35(21-30)32-15-12-28(23-38)18-26(32)5/h10-21,24-25H,22H2,1-9H3/q+1/i13D,14D,22D2. The third-order valence-electron chi connectivity index (χ3n) is 7.07. The van der Waals surface area contributed by atoms with E-state index < -0.39 is 11.8 Å². The number of rotatable bonds is 6. The molecule has 0 spiro atoms. The summed E-state index contributed by atoms with van der Waals surface area (Å²) in [5, 5.41) is 9.36. The Morgan fingerprint density at radius 2 is 1.49 bits per heavy atom. The van der Waals surface area contributed by atoms with Crippen molar-refractivity contribution < 1.29 is 10.1 Å². The molecule has 1 aromatic heterocycles. The van der Waals surface area contributed by atoms with Gasteiger partial charge in [-0.2, -0.15) is 5.26 Å². The quantitative estimate of drug-likeness (QED) is 0.233. The van der Waals surface area contributed by atoms with E-state index in [1.54, 1.807) is 12.1 Å². The molecule has 0 saturated carbocycles. The van der Waals surface area contributed by atoms with Gasteiger partial charge in [-0.15, -0.1) is 0 Å². The van der Waals surface area contributed by atoms with E-state index >= 15 is 0 Å². The first-order chi connectivity index (χ1) is 20.0. The zero-order valence-electron chi connectivity index (χ0n) is 28.8. The predicted octanol–water partition coefficient (Wildman–Crippen LogP) is 9.53. The van der Waals surface area contributed by atoms with Gasteiger partial charge in [0.2, 0.25) is 5.69 Å². The Morgan fingerprint density at radius 3 is 2.00 bits per heavy atom. The lowest BCUT2D eigenvalue weighted by Gasteiger charge is -2.23. The average Bonchev–Trinajstić information content (AvgIpc) is 2.92. The van der Waals surface area contributed by atoms with Crippen molar-refractivity contribution in [2.24, 2.45) is 12.5 Å². The number of pyridine rings is 1. The summed E-state index contributed by atoms with van der Waals surface area (Å²) >= 11 is 0. The molecule has 3 aromatic carbocycles. The fraction of sp³-hybridized carbons (Fsp3) is 0.351. The highest BCUT2D eigenvalue weighted by atomic mass is 14.9. The fourth-order valence-corrected chi connectivity index (χ4v) is 5.14. The highest BCUT2D eigenvalue weighted by Crippen LogP contribution is 2.40. The summed E-state index contributed by atoms with van der Waals surface area (Å²) in [5.41, 5.74) is 9.40. The van der Waals surface area contributed by atoms with Crippen LogP contribution in [0.2, 0.25) is 0 Å². The van der Waals surface area contributed by atoms with Crippen molar-refractivity contribution in [3.05, 3.63) is 101 Å². The molecule has 4 rings (SSSR count). The summed E-state index contributed by atoms with van der Waals surface area (Å²) in [5.74, 6) is 0.360. The van der Waals surface area contributed by atoms with E-state index in [4.69, 9.17) is 5.48 Å². The van der Waals surface area contributed by atoms with Crippen LogP contribution in [0.15, 0.2) is 72.9 Å². The molecule has 0 saturated heterocycles. The summed E-state index contributed by atoms with van der Waals surface area (Å²) in [6, 6.07) is 20.2. The van der Waals surface area contributed by atoms with Crippen molar-refractivity contribution in [3.8, 4) is 39.6 Å². The van der Waals surface area contributed by atoms with Crippen LogP contribution in [0, 0.1) is 23.7 Å². The second-order valence-electron chi connectivity index (χ2n) is 12.2. The highest BCUT2D eigenvalue weighted by molar-refractivity contribution is 5.80. The Hall–Kier alpha value is -3.70. The van der Waals surface area contributed by atoms with Crippen molar-refractivity contribution >= 4 is 0 Å². The van der Waals surface area contributed by atoms with Crippen LogP contribution >= 0.6 is 0 Å². The van der Waals surface area contributed by atoms with Crippen LogP contribution < -0.4 is 4.57 Å². The maximum absolute atomic E-state index is 9.36. The Bertz CT molecular complexity index is 1680. The third-order valence-corrected chi connectivity index (χ3v) is 7.07. The van der Waals surface area contributed by atoms with E-state index in [-0.39, 0.29) is 23.9 Å². The number of hydrogen-bond acceptors (Lipinski definition) is 1. The largest absolute Gasteiger partial charge is 0.213 e. The summed E-state index contributed by atoms with van der Waals surface area (Å²) in [6.45, 7) is 16.2. The first-order valence-electron chi connectivity index (χ1n) is 15.8. The van der Waals surface area contributed by atoms with Gasteiger partial charge in [-0.3, -0.25) is 0 Å². The Kier molecular flexibility index (Phi) is 6.66. The first kappa shape index (κ1) is 23.2. The molecule has 0 aliphatic rings. The van der Waals surface area contributed by atoms with Gasteiger partial charge >= 0.3 is 0 Å². The van der Waals surface area contributed by atoms with E-state index in [1.165, 1.54) is 5.56 Å². The van der Waals surface area contributed by atoms with Crippen LogP contribution in [0.1, 0.15) is 93.6 Å². The van der Waals surface area contributed by atoms with Gasteiger partial charge in [0.1, 0.15) is 7.05 Å². The average molecular weight is 520 g/mol. The number of nitrogens with zero attached hydrogens (tertiary/aromatic N) is 2. The van der Waals surface area contributed by atoms with E-state index in [0.29, 0.717) is 16.7 Å². The minimum atomic E-state index is -1.68. The van der Waals surface area contributed by atoms with Crippen molar-refractivity contribution in [1.29, 1.82) is 5.26 Å². The smallest absolute Gasteiger partial charge is 0.201 e. The van der Waals surface area contributed by atoms with Gasteiger partial charge in [0.25, 0.3) is 0 Å². The molecule has 0 N–H and O–H groups in total. The molecule has 200 valence electrons. The number of aryl methyl sites for hydroxylation is 2. The molecule has 0 aliphatic heterocycles. The van der Waals surface area contributed by atoms with E-state index in [1.807, 2.05) is 52.9 Å². The topological polar surface area (TPSA) is 27.7 Å². The van der Waals surface area contributed by atoms with Crippen LogP contribution in [0.4, 0.5) is 0 Å². The van der Waals surface area contributed by atoms with Crippen LogP contribution in [0.25, 0.3) is 33.5 Å².